The van der Waals surface area contributed by atoms with Crippen molar-refractivity contribution in [3.8, 4) is 11.3 Å². The third-order valence-corrected chi connectivity index (χ3v) is 8.71. The Morgan fingerprint density at radius 2 is 1.98 bits per heavy atom. The number of ether oxygens (including phenoxy) is 1. The lowest BCUT2D eigenvalue weighted by molar-refractivity contribution is -0.123. The predicted octanol–water partition coefficient (Wildman–Crippen LogP) is 4.03. The van der Waals surface area contributed by atoms with Crippen LogP contribution in [0, 0.1) is 0 Å². The van der Waals surface area contributed by atoms with E-state index in [1.54, 1.807) is 12.3 Å². The summed E-state index contributed by atoms with van der Waals surface area (Å²) in [7, 11) is 0. The maximum absolute atomic E-state index is 13.4. The Labute approximate surface area is 254 Å². The van der Waals surface area contributed by atoms with Crippen molar-refractivity contribution in [1.82, 2.24) is 20.2 Å². The first-order chi connectivity index (χ1) is 20.9. The van der Waals surface area contributed by atoms with Gasteiger partial charge in [-0.25, -0.2) is 9.97 Å². The first-order valence-corrected chi connectivity index (χ1v) is 15.1. The average molecular weight is 604 g/mol. The molecule has 1 aliphatic carbocycles. The van der Waals surface area contributed by atoms with Crippen LogP contribution >= 0.6 is 11.6 Å². The molecule has 1 saturated carbocycles. The summed E-state index contributed by atoms with van der Waals surface area (Å²) in [6, 6.07) is 12.5. The quantitative estimate of drug-likeness (QED) is 0.334. The highest BCUT2D eigenvalue weighted by molar-refractivity contribution is 6.33. The second-order valence-electron chi connectivity index (χ2n) is 11.3. The predicted molar refractivity (Wildman–Crippen MR) is 161 cm³/mol. The van der Waals surface area contributed by atoms with E-state index in [1.165, 1.54) is 4.90 Å². The molecule has 0 spiro atoms. The second kappa shape index (κ2) is 12.8. The Bertz CT molecular complexity index is 1540. The van der Waals surface area contributed by atoms with Crippen LogP contribution in [0.1, 0.15) is 71.1 Å². The molecule has 2 amide bonds. The van der Waals surface area contributed by atoms with E-state index in [0.29, 0.717) is 54.0 Å². The number of ketones is 1. The van der Waals surface area contributed by atoms with Gasteiger partial charge in [0.25, 0.3) is 5.91 Å². The largest absolute Gasteiger partial charge is 0.394 e. The van der Waals surface area contributed by atoms with Gasteiger partial charge in [-0.15, -0.1) is 0 Å². The van der Waals surface area contributed by atoms with Gasteiger partial charge in [-0.1, -0.05) is 48.0 Å². The van der Waals surface area contributed by atoms with Crippen LogP contribution in [0.2, 0.25) is 5.02 Å². The molecule has 3 N–H and O–H groups in total. The number of amides is 2. The fraction of sp³-hybridized carbons (Fsp3) is 0.406. The molecule has 3 aromatic rings. The summed E-state index contributed by atoms with van der Waals surface area (Å²) in [4.78, 5) is 49.1. The highest BCUT2D eigenvalue weighted by atomic mass is 35.5. The van der Waals surface area contributed by atoms with Crippen LogP contribution in [0.15, 0.2) is 48.7 Å². The molecule has 224 valence electrons. The number of hydrogen-bond donors (Lipinski definition) is 3. The number of aromatic nitrogens is 2. The molecule has 3 heterocycles. The first kappa shape index (κ1) is 29.2. The number of nitrogens with one attached hydrogen (secondary N) is 2. The van der Waals surface area contributed by atoms with Gasteiger partial charge in [0, 0.05) is 49.3 Å². The van der Waals surface area contributed by atoms with E-state index >= 15 is 0 Å². The molecular formula is C32H34ClN5O5. The number of rotatable bonds is 9. The minimum atomic E-state index is -0.653. The molecule has 2 unspecified atom stereocenters. The van der Waals surface area contributed by atoms with Crippen LogP contribution in [0.5, 0.6) is 0 Å². The second-order valence-corrected chi connectivity index (χ2v) is 11.7. The number of carbonyl (C=O) groups is 3. The van der Waals surface area contributed by atoms with E-state index in [-0.39, 0.29) is 42.7 Å². The molecular weight excluding hydrogens is 570 g/mol. The van der Waals surface area contributed by atoms with Gasteiger partial charge in [0.2, 0.25) is 11.9 Å². The summed E-state index contributed by atoms with van der Waals surface area (Å²) >= 11 is 6.47. The van der Waals surface area contributed by atoms with Crippen molar-refractivity contribution in [2.75, 3.05) is 31.7 Å². The number of carbonyl (C=O) groups excluding carboxylic acids is 3. The molecule has 2 aliphatic heterocycles. The van der Waals surface area contributed by atoms with Gasteiger partial charge in [-0.3, -0.25) is 14.4 Å². The van der Waals surface area contributed by atoms with Crippen molar-refractivity contribution in [2.24, 2.45) is 0 Å². The summed E-state index contributed by atoms with van der Waals surface area (Å²) in [6.07, 6.45) is 5.56. The van der Waals surface area contributed by atoms with Gasteiger partial charge in [-0.05, 0) is 48.4 Å². The molecule has 2 fully saturated rings. The molecule has 10 nitrogen and oxygen atoms in total. The third kappa shape index (κ3) is 6.41. The van der Waals surface area contributed by atoms with E-state index in [4.69, 9.17) is 16.3 Å². The Kier molecular flexibility index (Phi) is 8.69. The smallest absolute Gasteiger partial charge is 0.254 e. The molecule has 43 heavy (non-hydrogen) atoms. The van der Waals surface area contributed by atoms with Crippen molar-refractivity contribution in [3.05, 3.63) is 75.9 Å². The number of fused-ring (bicyclic) bond motifs is 1. The third-order valence-electron chi connectivity index (χ3n) is 8.43. The molecule has 2 atom stereocenters. The topological polar surface area (TPSA) is 134 Å². The molecule has 1 aromatic heterocycles. The number of aliphatic hydroxyl groups excluding tert-OH is 1. The fourth-order valence-electron chi connectivity index (χ4n) is 6.11. The van der Waals surface area contributed by atoms with Gasteiger partial charge in [0.1, 0.15) is 12.3 Å². The van der Waals surface area contributed by atoms with Gasteiger partial charge < -0.3 is 25.4 Å². The van der Waals surface area contributed by atoms with Crippen LogP contribution in [-0.2, 0) is 20.9 Å². The Hall–Kier alpha value is -3.86. The average Bonchev–Trinajstić information content (AvgIpc) is 3.59. The lowest BCUT2D eigenvalue weighted by Crippen LogP contribution is -2.40. The summed E-state index contributed by atoms with van der Waals surface area (Å²) in [5.41, 5.74) is 4.13. The number of Topliss-reactive ketones (excluding diaryl/α,β-unsaturated/α-hetero) is 1. The molecule has 2 aromatic carbocycles. The van der Waals surface area contributed by atoms with E-state index in [9.17, 15) is 19.5 Å². The van der Waals surface area contributed by atoms with Crippen molar-refractivity contribution >= 4 is 35.1 Å². The summed E-state index contributed by atoms with van der Waals surface area (Å²) < 4.78 is 5.42. The molecule has 0 radical (unpaired) electrons. The molecule has 11 heteroatoms. The van der Waals surface area contributed by atoms with Gasteiger partial charge in [-0.2, -0.15) is 0 Å². The number of anilines is 1. The standard InChI is InChI=1S/C32H34ClN5O5/c33-26-15-34-32(35-23-9-11-43-12-10-23)37-30(26)21-7-8-22-16-38(31(42)25(22)14-21)17-29(41)36-27(18-39)20-4-1-3-19(13-20)24-5-2-6-28(24)40/h1,3-4,7-8,13-15,23-24,27,39H,2,5-6,9-12,16-18H2,(H,36,41)(H,34,35,37). The van der Waals surface area contributed by atoms with Gasteiger partial charge in [0.05, 0.1) is 29.6 Å². The lowest BCUT2D eigenvalue weighted by atomic mass is 9.93. The van der Waals surface area contributed by atoms with Crippen LogP contribution in [0.3, 0.4) is 0 Å². The minimum absolute atomic E-state index is 0.132. The van der Waals surface area contributed by atoms with Crippen LogP contribution in [0.4, 0.5) is 5.95 Å². The lowest BCUT2D eigenvalue weighted by Gasteiger charge is -2.23. The molecule has 0 bridgehead atoms. The monoisotopic (exact) mass is 603 g/mol. The maximum atomic E-state index is 13.4. The zero-order valence-corrected chi connectivity index (χ0v) is 24.5. The Morgan fingerprint density at radius 1 is 1.14 bits per heavy atom. The number of nitrogens with zero attached hydrogens (tertiary/aromatic N) is 3. The van der Waals surface area contributed by atoms with Crippen molar-refractivity contribution in [3.63, 3.8) is 0 Å². The van der Waals surface area contributed by atoms with Crippen LogP contribution in [0.25, 0.3) is 11.3 Å². The highest BCUT2D eigenvalue weighted by Gasteiger charge is 2.31. The van der Waals surface area contributed by atoms with Crippen LogP contribution in [-0.4, -0.2) is 70.0 Å². The SMILES string of the molecule is O=C(CN1Cc2ccc(-c3nc(NC4CCOCC4)ncc3Cl)cc2C1=O)NC(CO)c1cccc(C2CCCC2=O)c1. The molecule has 6 rings (SSSR count). The Balaban J connectivity index is 1.12. The number of benzene rings is 2. The van der Waals surface area contributed by atoms with Crippen molar-refractivity contribution in [1.29, 1.82) is 0 Å². The molecule has 1 saturated heterocycles. The van der Waals surface area contributed by atoms with Gasteiger partial charge in [0.15, 0.2) is 0 Å². The van der Waals surface area contributed by atoms with Crippen molar-refractivity contribution in [2.45, 2.75) is 56.7 Å². The summed E-state index contributed by atoms with van der Waals surface area (Å²) in [5.74, 6) is -0.0838. The summed E-state index contributed by atoms with van der Waals surface area (Å²) in [5, 5.41) is 16.6. The zero-order valence-electron chi connectivity index (χ0n) is 23.7. The van der Waals surface area contributed by atoms with Crippen molar-refractivity contribution < 1.29 is 24.2 Å². The van der Waals surface area contributed by atoms with E-state index in [0.717, 1.165) is 42.4 Å². The van der Waals surface area contributed by atoms with E-state index in [2.05, 4.69) is 20.6 Å². The van der Waals surface area contributed by atoms with Gasteiger partial charge >= 0.3 is 0 Å². The number of aliphatic hydroxyl groups is 1. The number of hydrogen-bond acceptors (Lipinski definition) is 8. The number of halogens is 1. The summed E-state index contributed by atoms with van der Waals surface area (Å²) in [6.45, 7) is 1.20. The zero-order chi connectivity index (χ0) is 29.9. The minimum Gasteiger partial charge on any atom is -0.394 e. The van der Waals surface area contributed by atoms with Crippen LogP contribution < -0.4 is 10.6 Å². The Morgan fingerprint density at radius 3 is 2.74 bits per heavy atom. The van der Waals surface area contributed by atoms with E-state index < -0.39 is 6.04 Å². The highest BCUT2D eigenvalue weighted by Crippen LogP contribution is 2.33. The molecule has 3 aliphatic rings. The van der Waals surface area contributed by atoms with E-state index in [1.807, 2.05) is 36.4 Å². The first-order valence-electron chi connectivity index (χ1n) is 14.7. The normalized spacial score (nSPS) is 19.4. The fourth-order valence-corrected chi connectivity index (χ4v) is 6.31. The maximum Gasteiger partial charge on any atom is 0.254 e.